The van der Waals surface area contributed by atoms with Crippen LogP contribution in [0.1, 0.15) is 57.9 Å². The number of hydrazine groups is 1. The van der Waals surface area contributed by atoms with Gasteiger partial charge in [0.1, 0.15) is 18.2 Å². The van der Waals surface area contributed by atoms with Crippen LogP contribution in [0.4, 0.5) is 0 Å². The van der Waals surface area contributed by atoms with Gasteiger partial charge in [0.2, 0.25) is 5.91 Å². The molecule has 0 saturated carbocycles. The number of rotatable bonds is 9. The second-order valence-electron chi connectivity index (χ2n) is 9.53. The fourth-order valence-corrected chi connectivity index (χ4v) is 4.30. The molecule has 3 rings (SSSR count). The fourth-order valence-electron chi connectivity index (χ4n) is 4.30. The fraction of sp³-hybridized carbons (Fsp3) is 0.481. The Morgan fingerprint density at radius 2 is 1.92 bits per heavy atom. The van der Waals surface area contributed by atoms with Gasteiger partial charge in [-0.15, -0.1) is 0 Å². The Morgan fingerprint density at radius 1 is 1.19 bits per heavy atom. The highest BCUT2D eigenvalue weighted by atomic mass is 16.5. The summed E-state index contributed by atoms with van der Waals surface area (Å²) in [4.78, 5) is 43.0. The second kappa shape index (κ2) is 12.1. The maximum Gasteiger partial charge on any atom is 0.325 e. The zero-order valence-corrected chi connectivity index (χ0v) is 21.7. The van der Waals surface area contributed by atoms with Crippen molar-refractivity contribution >= 4 is 34.8 Å². The molecule has 1 fully saturated rings. The zero-order chi connectivity index (χ0) is 26.4. The van der Waals surface area contributed by atoms with Gasteiger partial charge in [-0.1, -0.05) is 44.7 Å². The molecule has 2 unspecified atom stereocenters. The summed E-state index contributed by atoms with van der Waals surface area (Å²) in [7, 11) is 1.71. The van der Waals surface area contributed by atoms with Crippen molar-refractivity contribution in [1.82, 2.24) is 26.1 Å². The Bertz CT molecular complexity index is 1120. The van der Waals surface area contributed by atoms with Crippen molar-refractivity contribution in [2.45, 2.75) is 64.8 Å². The average Bonchev–Trinajstić information content (AvgIpc) is 2.87. The molecule has 9 heteroatoms. The summed E-state index contributed by atoms with van der Waals surface area (Å²) < 4.78 is 5.71. The highest BCUT2D eigenvalue weighted by Crippen LogP contribution is 2.22. The standard InChI is InChI=1S/C27H37N5O4/c1-7-19-10-11-20-12-13-21(30-23(20)15-19)18(5)36-27(35)22-9-8-14-32(31-22)26(34)17(4)29-25(33)24(28-6)16(2)3/h7,10-13,15-18,22,24,28,31H,1,8-9,14H2,2-6H3,(H,29,33)/t17?,18-,22+,24?/m1/s1. The predicted molar refractivity (Wildman–Crippen MR) is 140 cm³/mol. The molecule has 194 valence electrons. The molecule has 0 spiro atoms. The zero-order valence-electron chi connectivity index (χ0n) is 21.7. The lowest BCUT2D eigenvalue weighted by molar-refractivity contribution is -0.157. The topological polar surface area (TPSA) is 113 Å². The van der Waals surface area contributed by atoms with Gasteiger partial charge < -0.3 is 15.4 Å². The molecule has 2 amide bonds. The van der Waals surface area contributed by atoms with Crippen molar-refractivity contribution in [3.63, 3.8) is 0 Å². The lowest BCUT2D eigenvalue weighted by Gasteiger charge is -2.35. The summed E-state index contributed by atoms with van der Waals surface area (Å²) in [6.07, 6.45) is 2.38. The number of likely N-dealkylation sites (N-methyl/N-ethyl adjacent to an activating group) is 1. The number of nitrogens with one attached hydrogen (secondary N) is 3. The van der Waals surface area contributed by atoms with Crippen LogP contribution in [0.25, 0.3) is 17.0 Å². The number of carbonyl (C=O) groups excluding carboxylic acids is 3. The number of esters is 1. The van der Waals surface area contributed by atoms with Crippen LogP contribution in [0, 0.1) is 5.92 Å². The highest BCUT2D eigenvalue weighted by molar-refractivity contribution is 5.90. The van der Waals surface area contributed by atoms with Crippen LogP contribution in [0.3, 0.4) is 0 Å². The highest BCUT2D eigenvalue weighted by Gasteiger charge is 2.33. The summed E-state index contributed by atoms with van der Waals surface area (Å²) in [5.41, 5.74) is 5.39. The Morgan fingerprint density at radius 3 is 2.58 bits per heavy atom. The first-order chi connectivity index (χ1) is 17.1. The molecule has 1 aromatic carbocycles. The lowest BCUT2D eigenvalue weighted by atomic mass is 10.0. The minimum Gasteiger partial charge on any atom is -0.455 e. The van der Waals surface area contributed by atoms with Crippen LogP contribution in [0.2, 0.25) is 0 Å². The van der Waals surface area contributed by atoms with Crippen molar-refractivity contribution < 1.29 is 19.1 Å². The third-order valence-electron chi connectivity index (χ3n) is 6.41. The summed E-state index contributed by atoms with van der Waals surface area (Å²) in [6, 6.07) is 7.87. The number of hydrogen-bond donors (Lipinski definition) is 3. The maximum atomic E-state index is 13.0. The largest absolute Gasteiger partial charge is 0.455 e. The van der Waals surface area contributed by atoms with Crippen LogP contribution in [0.5, 0.6) is 0 Å². The Labute approximate surface area is 212 Å². The molecule has 0 bridgehead atoms. The summed E-state index contributed by atoms with van der Waals surface area (Å²) in [5, 5.41) is 8.13. The molecule has 1 aliphatic heterocycles. The number of hydrogen-bond acceptors (Lipinski definition) is 7. The van der Waals surface area contributed by atoms with Gasteiger partial charge in [0.05, 0.1) is 17.3 Å². The van der Waals surface area contributed by atoms with Gasteiger partial charge in [-0.2, -0.15) is 0 Å². The molecule has 1 aromatic heterocycles. The molecule has 3 N–H and O–H groups in total. The van der Waals surface area contributed by atoms with Gasteiger partial charge in [-0.05, 0) is 57.4 Å². The predicted octanol–water partition coefficient (Wildman–Crippen LogP) is 2.73. The molecule has 4 atom stereocenters. The summed E-state index contributed by atoms with van der Waals surface area (Å²) >= 11 is 0. The van der Waals surface area contributed by atoms with E-state index in [0.717, 1.165) is 16.5 Å². The van der Waals surface area contributed by atoms with Crippen LogP contribution in [0.15, 0.2) is 36.9 Å². The van der Waals surface area contributed by atoms with E-state index >= 15 is 0 Å². The van der Waals surface area contributed by atoms with Gasteiger partial charge in [0.15, 0.2) is 0 Å². The summed E-state index contributed by atoms with van der Waals surface area (Å²) in [6.45, 7) is 11.5. The molecule has 0 radical (unpaired) electrons. The smallest absolute Gasteiger partial charge is 0.325 e. The first kappa shape index (κ1) is 27.3. The van der Waals surface area contributed by atoms with Crippen LogP contribution in [-0.4, -0.2) is 59.5 Å². The van der Waals surface area contributed by atoms with Crippen LogP contribution >= 0.6 is 0 Å². The third-order valence-corrected chi connectivity index (χ3v) is 6.41. The molecular weight excluding hydrogens is 458 g/mol. The van der Waals surface area contributed by atoms with E-state index in [0.29, 0.717) is 25.1 Å². The number of pyridine rings is 1. The number of carbonyl (C=O) groups is 3. The first-order valence-electron chi connectivity index (χ1n) is 12.4. The van der Waals surface area contributed by atoms with Crippen molar-refractivity contribution in [2.24, 2.45) is 5.92 Å². The minimum absolute atomic E-state index is 0.0766. The van der Waals surface area contributed by atoms with Crippen molar-refractivity contribution in [1.29, 1.82) is 0 Å². The van der Waals surface area contributed by atoms with Gasteiger partial charge >= 0.3 is 5.97 Å². The van der Waals surface area contributed by atoms with Gasteiger partial charge in [-0.3, -0.25) is 19.4 Å². The van der Waals surface area contributed by atoms with E-state index in [1.165, 1.54) is 5.01 Å². The van der Waals surface area contributed by atoms with Crippen LogP contribution < -0.4 is 16.1 Å². The Hall–Kier alpha value is -3.30. The normalized spacial score (nSPS) is 18.4. The summed E-state index contributed by atoms with van der Waals surface area (Å²) in [5.74, 6) is -0.916. The SMILES string of the molecule is C=Cc1ccc2ccc([C@@H](C)OC(=O)[C@@H]3CCCN(C(=O)C(C)NC(=O)C(NC)C(C)C)N3)nc2c1. The van der Waals surface area contributed by atoms with E-state index in [1.54, 1.807) is 27.0 Å². The van der Waals surface area contributed by atoms with Crippen molar-refractivity contribution in [3.05, 3.63) is 48.2 Å². The van der Waals surface area contributed by atoms with Gasteiger partial charge in [-0.25, -0.2) is 10.4 Å². The molecule has 9 nitrogen and oxygen atoms in total. The van der Waals surface area contributed by atoms with Crippen molar-refractivity contribution in [3.8, 4) is 0 Å². The molecule has 0 aliphatic carbocycles. The Kier molecular flexibility index (Phi) is 9.17. The Balaban J connectivity index is 1.60. The minimum atomic E-state index is -0.740. The molecule has 2 heterocycles. The van der Waals surface area contributed by atoms with E-state index in [9.17, 15) is 14.4 Å². The second-order valence-corrected chi connectivity index (χ2v) is 9.53. The van der Waals surface area contributed by atoms with E-state index in [-0.39, 0.29) is 17.7 Å². The molecule has 1 aliphatic rings. The third kappa shape index (κ3) is 6.47. The number of benzene rings is 1. The van der Waals surface area contributed by atoms with E-state index in [2.05, 4.69) is 27.6 Å². The number of amides is 2. The van der Waals surface area contributed by atoms with Crippen LogP contribution in [-0.2, 0) is 19.1 Å². The number of nitrogens with zero attached hydrogens (tertiary/aromatic N) is 2. The maximum absolute atomic E-state index is 13.0. The monoisotopic (exact) mass is 495 g/mol. The number of aromatic nitrogens is 1. The average molecular weight is 496 g/mol. The lowest BCUT2D eigenvalue weighted by Crippen LogP contribution is -2.60. The van der Waals surface area contributed by atoms with E-state index in [4.69, 9.17) is 4.74 Å². The number of fused-ring (bicyclic) bond motifs is 1. The quantitative estimate of drug-likeness (QED) is 0.459. The molecule has 1 saturated heterocycles. The van der Waals surface area contributed by atoms with Crippen molar-refractivity contribution in [2.75, 3.05) is 13.6 Å². The van der Waals surface area contributed by atoms with Gasteiger partial charge in [0, 0.05) is 11.9 Å². The molecule has 2 aromatic rings. The van der Waals surface area contributed by atoms with E-state index < -0.39 is 30.2 Å². The van der Waals surface area contributed by atoms with E-state index in [1.807, 2.05) is 44.2 Å². The first-order valence-corrected chi connectivity index (χ1v) is 12.4. The molecular formula is C27H37N5O4. The number of ether oxygens (including phenoxy) is 1. The molecule has 36 heavy (non-hydrogen) atoms. The van der Waals surface area contributed by atoms with Gasteiger partial charge in [0.25, 0.3) is 5.91 Å².